The van der Waals surface area contributed by atoms with Crippen LogP contribution in [0.5, 0.6) is 0 Å². The zero-order valence-electron chi connectivity index (χ0n) is 34.3. The monoisotopic (exact) mass is 787 g/mol. The number of carbonyl (C=O) groups is 2. The van der Waals surface area contributed by atoms with Crippen LogP contribution in [0.3, 0.4) is 0 Å². The third-order valence-electron chi connectivity index (χ3n) is 9.17. The van der Waals surface area contributed by atoms with Crippen LogP contribution >= 0.6 is 0 Å². The van der Waals surface area contributed by atoms with Crippen molar-refractivity contribution in [2.75, 3.05) is 19.8 Å². The van der Waals surface area contributed by atoms with Gasteiger partial charge in [-0.05, 0) is 51.4 Å². The van der Waals surface area contributed by atoms with E-state index in [1.165, 1.54) is 44.9 Å². The summed E-state index contributed by atoms with van der Waals surface area (Å²) in [4.78, 5) is 25.2. The molecule has 56 heavy (non-hydrogen) atoms. The van der Waals surface area contributed by atoms with Crippen molar-refractivity contribution >= 4 is 11.9 Å². The van der Waals surface area contributed by atoms with E-state index < -0.39 is 55.4 Å². The largest absolute Gasteiger partial charge is 0.462 e. The zero-order chi connectivity index (χ0) is 40.9. The van der Waals surface area contributed by atoms with Crippen molar-refractivity contribution < 1.29 is 49.0 Å². The first-order valence-electron chi connectivity index (χ1n) is 21.2. The summed E-state index contributed by atoms with van der Waals surface area (Å²) in [7, 11) is 0. The summed E-state index contributed by atoms with van der Waals surface area (Å²) in [5.74, 6) is -0.920. The van der Waals surface area contributed by atoms with Gasteiger partial charge >= 0.3 is 11.9 Å². The highest BCUT2D eigenvalue weighted by Crippen LogP contribution is 2.22. The molecule has 0 bridgehead atoms. The number of carbonyl (C=O) groups excluding carboxylic acids is 2. The molecule has 1 heterocycles. The molecule has 10 heteroatoms. The molecule has 0 aromatic carbocycles. The van der Waals surface area contributed by atoms with Crippen LogP contribution in [0, 0.1) is 0 Å². The van der Waals surface area contributed by atoms with Crippen LogP contribution in [0.25, 0.3) is 0 Å². The van der Waals surface area contributed by atoms with Gasteiger partial charge in [0.2, 0.25) is 0 Å². The summed E-state index contributed by atoms with van der Waals surface area (Å²) in [5, 5.41) is 40.0. The number of ether oxygens (including phenoxy) is 4. The Kier molecular flexibility index (Phi) is 32.9. The van der Waals surface area contributed by atoms with Gasteiger partial charge in [0.15, 0.2) is 12.4 Å². The number of esters is 2. The number of aliphatic hydroxyl groups excluding tert-OH is 4. The van der Waals surface area contributed by atoms with Gasteiger partial charge < -0.3 is 39.4 Å². The number of hydrogen-bond acceptors (Lipinski definition) is 10. The van der Waals surface area contributed by atoms with Crippen molar-refractivity contribution in [3.8, 4) is 0 Å². The van der Waals surface area contributed by atoms with Crippen LogP contribution in [0.1, 0.15) is 136 Å². The molecule has 1 aliphatic rings. The Bertz CT molecular complexity index is 1180. The highest BCUT2D eigenvalue weighted by Gasteiger charge is 2.44. The van der Waals surface area contributed by atoms with Crippen molar-refractivity contribution in [2.45, 2.75) is 173 Å². The molecular formula is C46H74O10. The summed E-state index contributed by atoms with van der Waals surface area (Å²) >= 11 is 0. The molecule has 4 N–H and O–H groups in total. The van der Waals surface area contributed by atoms with Gasteiger partial charge in [-0.1, -0.05) is 157 Å². The molecular weight excluding hydrogens is 712 g/mol. The fourth-order valence-corrected chi connectivity index (χ4v) is 5.80. The topological polar surface area (TPSA) is 152 Å². The molecule has 318 valence electrons. The van der Waals surface area contributed by atoms with E-state index in [0.717, 1.165) is 44.9 Å². The highest BCUT2D eigenvalue weighted by atomic mass is 16.7. The van der Waals surface area contributed by atoms with Crippen LogP contribution in [0.15, 0.2) is 85.1 Å². The molecule has 0 radical (unpaired) electrons. The lowest BCUT2D eigenvalue weighted by atomic mass is 9.99. The van der Waals surface area contributed by atoms with Crippen molar-refractivity contribution in [1.29, 1.82) is 0 Å². The third kappa shape index (κ3) is 27.5. The average molecular weight is 787 g/mol. The molecule has 0 spiro atoms. The van der Waals surface area contributed by atoms with Crippen molar-refractivity contribution in [3.05, 3.63) is 85.1 Å². The summed E-state index contributed by atoms with van der Waals surface area (Å²) in [6.07, 6.45) is 38.9. The van der Waals surface area contributed by atoms with E-state index in [9.17, 15) is 30.0 Å². The molecule has 0 amide bonds. The van der Waals surface area contributed by atoms with E-state index >= 15 is 0 Å². The molecule has 3 unspecified atom stereocenters. The van der Waals surface area contributed by atoms with Crippen LogP contribution < -0.4 is 0 Å². The summed E-state index contributed by atoms with van der Waals surface area (Å²) in [5.41, 5.74) is 0. The molecule has 0 aromatic rings. The summed E-state index contributed by atoms with van der Waals surface area (Å²) in [6.45, 7) is 3.16. The first kappa shape index (κ1) is 50.9. The predicted molar refractivity (Wildman–Crippen MR) is 224 cm³/mol. The van der Waals surface area contributed by atoms with Gasteiger partial charge in [-0.25, -0.2) is 0 Å². The molecule has 6 atom stereocenters. The van der Waals surface area contributed by atoms with Crippen LogP contribution in [0.2, 0.25) is 0 Å². The number of hydrogen-bond donors (Lipinski definition) is 4. The van der Waals surface area contributed by atoms with Gasteiger partial charge in [-0.2, -0.15) is 0 Å². The lowest BCUT2D eigenvalue weighted by molar-refractivity contribution is -0.305. The van der Waals surface area contributed by atoms with E-state index in [4.69, 9.17) is 18.9 Å². The van der Waals surface area contributed by atoms with Gasteiger partial charge in [-0.15, -0.1) is 0 Å². The van der Waals surface area contributed by atoms with E-state index in [2.05, 4.69) is 44.2 Å². The molecule has 1 rings (SSSR count). The first-order valence-corrected chi connectivity index (χ1v) is 21.2. The number of unbranched alkanes of at least 4 members (excludes halogenated alkanes) is 13. The van der Waals surface area contributed by atoms with E-state index in [1.54, 1.807) is 0 Å². The van der Waals surface area contributed by atoms with Crippen molar-refractivity contribution in [2.24, 2.45) is 0 Å². The van der Waals surface area contributed by atoms with Gasteiger partial charge in [0.05, 0.1) is 13.2 Å². The lowest BCUT2D eigenvalue weighted by Gasteiger charge is -2.39. The Balaban J connectivity index is 2.41. The lowest BCUT2D eigenvalue weighted by Crippen LogP contribution is -2.59. The van der Waals surface area contributed by atoms with Crippen molar-refractivity contribution in [1.82, 2.24) is 0 Å². The average Bonchev–Trinajstić information content (AvgIpc) is 3.19. The quantitative estimate of drug-likeness (QED) is 0.0289. The Hall–Kier alpha value is -3.12. The molecule has 1 fully saturated rings. The van der Waals surface area contributed by atoms with Crippen LogP contribution in [0.4, 0.5) is 0 Å². The van der Waals surface area contributed by atoms with E-state index in [-0.39, 0.29) is 26.1 Å². The molecule has 0 aliphatic carbocycles. The predicted octanol–water partition coefficient (Wildman–Crippen LogP) is 8.60. The van der Waals surface area contributed by atoms with Crippen molar-refractivity contribution in [3.63, 3.8) is 0 Å². The second kappa shape index (κ2) is 36.2. The van der Waals surface area contributed by atoms with Gasteiger partial charge in [0.1, 0.15) is 31.0 Å². The number of aliphatic hydroxyl groups is 4. The summed E-state index contributed by atoms with van der Waals surface area (Å²) < 4.78 is 22.0. The molecule has 10 nitrogen and oxygen atoms in total. The van der Waals surface area contributed by atoms with Gasteiger partial charge in [0.25, 0.3) is 0 Å². The maximum Gasteiger partial charge on any atom is 0.306 e. The minimum absolute atomic E-state index is 0.125. The molecule has 0 aromatic heterocycles. The van der Waals surface area contributed by atoms with Crippen LogP contribution in [-0.4, -0.2) is 89.0 Å². The van der Waals surface area contributed by atoms with E-state index in [1.807, 2.05) is 54.7 Å². The Morgan fingerprint density at radius 1 is 0.571 bits per heavy atom. The van der Waals surface area contributed by atoms with Crippen LogP contribution in [-0.2, 0) is 28.5 Å². The fourth-order valence-electron chi connectivity index (χ4n) is 5.80. The minimum Gasteiger partial charge on any atom is -0.462 e. The SMILES string of the molecule is CC/C=C/C=C/C=C/C=C/C=C/CCCC(=O)OC(COC(=O)CCCCCCC/C=C/C=C/CCCCCCCCC)CO[C@H]1O[C@@H](CO)[C@@H](O)C(O)C1O. The smallest absolute Gasteiger partial charge is 0.306 e. The first-order chi connectivity index (χ1) is 27.3. The van der Waals surface area contributed by atoms with Gasteiger partial charge in [0, 0.05) is 12.8 Å². The molecule has 1 aliphatic heterocycles. The fraction of sp³-hybridized carbons (Fsp3) is 0.652. The minimum atomic E-state index is -1.61. The Morgan fingerprint density at radius 2 is 1.07 bits per heavy atom. The molecule has 1 saturated heterocycles. The normalized spacial score (nSPS) is 21.3. The highest BCUT2D eigenvalue weighted by molar-refractivity contribution is 5.70. The third-order valence-corrected chi connectivity index (χ3v) is 9.17. The Labute approximate surface area is 337 Å². The second-order valence-electron chi connectivity index (χ2n) is 14.2. The maximum atomic E-state index is 12.7. The number of rotatable bonds is 33. The van der Waals surface area contributed by atoms with E-state index in [0.29, 0.717) is 19.3 Å². The zero-order valence-corrected chi connectivity index (χ0v) is 34.3. The van der Waals surface area contributed by atoms with Gasteiger partial charge in [-0.3, -0.25) is 9.59 Å². The standard InChI is InChI=1S/C46H74O10/c1-3-5-7-9-11-13-15-17-18-19-20-21-23-24-26-28-30-32-34-41(48)53-37-39(38-54-46-45(52)44(51)43(50)40(36-47)56-46)55-42(49)35-33-31-29-27-25-22-16-14-12-10-8-6-4-2/h6,8,10,12,14,16,18-22,25,27,29,39-40,43-47,50-52H,3-5,7,9,11,13,15,17,23-24,26,28,30-38H2,1-2H3/b8-6+,12-10+,16-14+,19-18+,21-20+,25-22+,29-27+/t39?,40-,43+,44?,45?,46-/m0/s1. The Morgan fingerprint density at radius 3 is 1.66 bits per heavy atom. The molecule has 0 saturated carbocycles. The summed E-state index contributed by atoms with van der Waals surface area (Å²) in [6, 6.07) is 0. The number of allylic oxidation sites excluding steroid dienone is 14. The second-order valence-corrected chi connectivity index (χ2v) is 14.2. The maximum absolute atomic E-state index is 12.7.